The first-order valence-corrected chi connectivity index (χ1v) is 4.70. The fraction of sp³-hybridized carbons (Fsp3) is 0.0909. The number of carboxylic acids is 1. The Bertz CT molecular complexity index is 595. The lowest BCUT2D eigenvalue weighted by Gasteiger charge is -2.02. The highest BCUT2D eigenvalue weighted by molar-refractivity contribution is 5.88. The van der Waals surface area contributed by atoms with E-state index in [9.17, 15) is 9.59 Å². The zero-order valence-corrected chi connectivity index (χ0v) is 8.60. The van der Waals surface area contributed by atoms with Crippen molar-refractivity contribution in [1.82, 2.24) is 9.78 Å². The first-order valence-electron chi connectivity index (χ1n) is 4.70. The van der Waals surface area contributed by atoms with Crippen LogP contribution in [0, 0.1) is 6.92 Å². The zero-order chi connectivity index (χ0) is 11.7. The molecule has 0 spiro atoms. The van der Waals surface area contributed by atoms with E-state index in [1.54, 1.807) is 19.1 Å². The fourth-order valence-corrected chi connectivity index (χ4v) is 1.48. The molecule has 0 aliphatic heterocycles. The van der Waals surface area contributed by atoms with Gasteiger partial charge in [-0.25, -0.2) is 9.48 Å². The average molecular weight is 218 g/mol. The Hall–Kier alpha value is -2.30. The number of aromatic carboxylic acids is 1. The number of hydrogen-bond acceptors (Lipinski definition) is 2. The van der Waals surface area contributed by atoms with Crippen LogP contribution in [0.4, 0.5) is 0 Å². The van der Waals surface area contributed by atoms with Crippen LogP contribution in [0.5, 0.6) is 0 Å². The highest BCUT2D eigenvalue weighted by Gasteiger charge is 2.06. The minimum atomic E-state index is -1.02. The molecular formula is C11H10N2O3. The van der Waals surface area contributed by atoms with E-state index in [1.807, 2.05) is 0 Å². The Morgan fingerprint density at radius 2 is 2.12 bits per heavy atom. The number of aryl methyl sites for hydroxylation is 1. The number of carbonyl (C=O) groups is 1. The van der Waals surface area contributed by atoms with Crippen molar-refractivity contribution in [2.24, 2.45) is 0 Å². The Balaban J connectivity index is 2.56. The second kappa shape index (κ2) is 3.69. The van der Waals surface area contributed by atoms with Crippen LogP contribution in [-0.4, -0.2) is 20.9 Å². The van der Waals surface area contributed by atoms with Crippen LogP contribution in [0.3, 0.4) is 0 Å². The highest BCUT2D eigenvalue weighted by atomic mass is 16.4. The third-order valence-electron chi connectivity index (χ3n) is 2.20. The van der Waals surface area contributed by atoms with Crippen molar-refractivity contribution >= 4 is 5.97 Å². The number of aromatic amines is 1. The monoisotopic (exact) mass is 218 g/mol. The molecule has 5 heteroatoms. The van der Waals surface area contributed by atoms with Crippen LogP contribution in [0.15, 0.2) is 35.1 Å². The highest BCUT2D eigenvalue weighted by Crippen LogP contribution is 2.08. The lowest BCUT2D eigenvalue weighted by atomic mass is 10.2. The molecular weight excluding hydrogens is 208 g/mol. The van der Waals surface area contributed by atoms with E-state index < -0.39 is 5.97 Å². The molecule has 0 aliphatic rings. The number of hydrogen-bond donors (Lipinski definition) is 2. The summed E-state index contributed by atoms with van der Waals surface area (Å²) in [6, 6.07) is 7.64. The third-order valence-corrected chi connectivity index (χ3v) is 2.20. The summed E-state index contributed by atoms with van der Waals surface area (Å²) in [5.74, 6) is -1.02. The van der Waals surface area contributed by atoms with Gasteiger partial charge < -0.3 is 5.11 Å². The standard InChI is InChI=1S/C11H10N2O3/c1-7-5-10(14)13(12-7)9-4-2-3-8(6-9)11(15)16/h2-6,12H,1H3,(H,15,16). The van der Waals surface area contributed by atoms with Crippen molar-refractivity contribution in [3.63, 3.8) is 0 Å². The molecule has 1 aromatic heterocycles. The van der Waals surface area contributed by atoms with Crippen molar-refractivity contribution in [2.45, 2.75) is 6.92 Å². The number of carboxylic acid groups (broad SMARTS) is 1. The second-order valence-electron chi connectivity index (χ2n) is 3.47. The summed E-state index contributed by atoms with van der Waals surface area (Å²) in [5, 5.41) is 11.7. The van der Waals surface area contributed by atoms with Crippen molar-refractivity contribution in [1.29, 1.82) is 0 Å². The molecule has 0 fully saturated rings. The smallest absolute Gasteiger partial charge is 0.335 e. The maximum atomic E-state index is 11.5. The normalized spacial score (nSPS) is 10.3. The molecule has 2 rings (SSSR count). The molecule has 0 atom stereocenters. The predicted molar refractivity (Wildman–Crippen MR) is 58.1 cm³/mol. The summed E-state index contributed by atoms with van der Waals surface area (Å²) >= 11 is 0. The van der Waals surface area contributed by atoms with Crippen molar-refractivity contribution < 1.29 is 9.90 Å². The van der Waals surface area contributed by atoms with Crippen molar-refractivity contribution in [3.05, 3.63) is 51.9 Å². The Morgan fingerprint density at radius 1 is 1.38 bits per heavy atom. The van der Waals surface area contributed by atoms with Crippen LogP contribution in [0.1, 0.15) is 16.1 Å². The summed E-state index contributed by atoms with van der Waals surface area (Å²) in [5.41, 5.74) is 1.18. The summed E-state index contributed by atoms with van der Waals surface area (Å²) < 4.78 is 1.31. The molecule has 2 aromatic rings. The molecule has 1 aromatic carbocycles. The summed E-state index contributed by atoms with van der Waals surface area (Å²) in [4.78, 5) is 22.3. The summed E-state index contributed by atoms with van der Waals surface area (Å²) in [7, 11) is 0. The molecule has 0 radical (unpaired) electrons. The van der Waals surface area contributed by atoms with Crippen molar-refractivity contribution in [2.75, 3.05) is 0 Å². The maximum Gasteiger partial charge on any atom is 0.335 e. The van der Waals surface area contributed by atoms with Gasteiger partial charge >= 0.3 is 5.97 Å². The predicted octanol–water partition coefficient (Wildman–Crippen LogP) is 1.17. The molecule has 16 heavy (non-hydrogen) atoms. The number of aromatic nitrogens is 2. The van der Waals surface area contributed by atoms with Gasteiger partial charge in [0.05, 0.1) is 11.3 Å². The van der Waals surface area contributed by atoms with Gasteiger partial charge in [0.15, 0.2) is 0 Å². The fourth-order valence-electron chi connectivity index (χ4n) is 1.48. The van der Waals surface area contributed by atoms with Crippen LogP contribution >= 0.6 is 0 Å². The molecule has 1 heterocycles. The van der Waals surface area contributed by atoms with E-state index in [-0.39, 0.29) is 11.1 Å². The minimum absolute atomic E-state index is 0.150. The van der Waals surface area contributed by atoms with Crippen LogP contribution in [0.25, 0.3) is 5.69 Å². The van der Waals surface area contributed by atoms with Gasteiger partial charge in [-0.2, -0.15) is 0 Å². The molecule has 0 amide bonds. The van der Waals surface area contributed by atoms with Crippen LogP contribution < -0.4 is 5.56 Å². The Morgan fingerprint density at radius 3 is 2.69 bits per heavy atom. The third kappa shape index (κ3) is 1.75. The number of H-pyrrole nitrogens is 1. The molecule has 0 saturated carbocycles. The van der Waals surface area contributed by atoms with E-state index in [0.717, 1.165) is 5.69 Å². The Labute approximate surface area is 90.9 Å². The maximum absolute atomic E-state index is 11.5. The lowest BCUT2D eigenvalue weighted by Crippen LogP contribution is -2.14. The SMILES string of the molecule is Cc1cc(=O)n(-c2cccc(C(=O)O)c2)[nH]1. The van der Waals surface area contributed by atoms with Crippen molar-refractivity contribution in [3.8, 4) is 5.69 Å². The molecule has 82 valence electrons. The largest absolute Gasteiger partial charge is 0.478 e. The van der Waals surface area contributed by atoms with Gasteiger partial charge in [0.1, 0.15) is 0 Å². The van der Waals surface area contributed by atoms with Gasteiger partial charge in [-0.05, 0) is 25.1 Å². The van der Waals surface area contributed by atoms with Gasteiger partial charge in [-0.3, -0.25) is 9.89 Å². The topological polar surface area (TPSA) is 75.1 Å². The zero-order valence-electron chi connectivity index (χ0n) is 8.60. The van der Waals surface area contributed by atoms with E-state index in [1.165, 1.54) is 22.9 Å². The van der Waals surface area contributed by atoms with Crippen LogP contribution in [0.2, 0.25) is 0 Å². The number of nitrogens with one attached hydrogen (secondary N) is 1. The van der Waals surface area contributed by atoms with Gasteiger partial charge in [0, 0.05) is 11.8 Å². The van der Waals surface area contributed by atoms with E-state index in [4.69, 9.17) is 5.11 Å². The van der Waals surface area contributed by atoms with E-state index in [0.29, 0.717) is 5.69 Å². The molecule has 2 N–H and O–H groups in total. The van der Waals surface area contributed by atoms with Gasteiger partial charge in [0.25, 0.3) is 5.56 Å². The van der Waals surface area contributed by atoms with E-state index in [2.05, 4.69) is 5.10 Å². The number of rotatable bonds is 2. The first-order chi connectivity index (χ1) is 7.58. The second-order valence-corrected chi connectivity index (χ2v) is 3.47. The van der Waals surface area contributed by atoms with Crippen LogP contribution in [-0.2, 0) is 0 Å². The summed E-state index contributed by atoms with van der Waals surface area (Å²) in [6.45, 7) is 1.76. The molecule has 0 aliphatic carbocycles. The van der Waals surface area contributed by atoms with E-state index >= 15 is 0 Å². The van der Waals surface area contributed by atoms with Gasteiger partial charge in [-0.1, -0.05) is 6.07 Å². The molecule has 0 bridgehead atoms. The van der Waals surface area contributed by atoms with Gasteiger partial charge in [-0.15, -0.1) is 0 Å². The lowest BCUT2D eigenvalue weighted by molar-refractivity contribution is 0.0697. The molecule has 0 unspecified atom stereocenters. The van der Waals surface area contributed by atoms with Gasteiger partial charge in [0.2, 0.25) is 0 Å². The average Bonchev–Trinajstić information content (AvgIpc) is 2.58. The minimum Gasteiger partial charge on any atom is -0.478 e. The molecule has 0 saturated heterocycles. The first kappa shape index (κ1) is 10.2. The number of nitrogens with zero attached hydrogens (tertiary/aromatic N) is 1. The molecule has 5 nitrogen and oxygen atoms in total. The summed E-state index contributed by atoms with van der Waals surface area (Å²) in [6.07, 6.45) is 0. The Kier molecular flexibility index (Phi) is 2.36. The quantitative estimate of drug-likeness (QED) is 0.794. The number of benzene rings is 1.